The van der Waals surface area contributed by atoms with E-state index in [9.17, 15) is 22.4 Å². The molecule has 0 atom stereocenters. The third-order valence-corrected chi connectivity index (χ3v) is 2.23. The molecular formula is C12H12F4O2. The van der Waals surface area contributed by atoms with Crippen molar-refractivity contribution in [2.75, 3.05) is 13.2 Å². The predicted octanol–water partition coefficient (Wildman–Crippen LogP) is 2.82. The molecule has 0 radical (unpaired) electrons. The molecule has 0 bridgehead atoms. The van der Waals surface area contributed by atoms with Gasteiger partial charge in [-0.2, -0.15) is 13.2 Å². The number of hydrogen-bond donors (Lipinski definition) is 0. The summed E-state index contributed by atoms with van der Waals surface area (Å²) in [6.45, 7) is -0.394. The van der Waals surface area contributed by atoms with Gasteiger partial charge >= 0.3 is 6.18 Å². The summed E-state index contributed by atoms with van der Waals surface area (Å²) < 4.78 is 52.4. The number of carbonyl (C=O) groups excluding carboxylic acids is 1. The SMILES string of the molecule is Cc1ccc(F)cc1CC(=O)COCC(F)(F)F. The second kappa shape index (κ2) is 5.95. The van der Waals surface area contributed by atoms with Crippen LogP contribution in [0.5, 0.6) is 0 Å². The molecule has 1 aromatic carbocycles. The topological polar surface area (TPSA) is 26.3 Å². The Labute approximate surface area is 102 Å². The Hall–Kier alpha value is -1.43. The van der Waals surface area contributed by atoms with Crippen LogP contribution in [0, 0.1) is 12.7 Å². The lowest BCUT2D eigenvalue weighted by molar-refractivity contribution is -0.175. The first kappa shape index (κ1) is 14.6. The van der Waals surface area contributed by atoms with Crippen molar-refractivity contribution in [3.63, 3.8) is 0 Å². The molecule has 0 aliphatic rings. The molecule has 1 aromatic rings. The van der Waals surface area contributed by atoms with Gasteiger partial charge in [0.05, 0.1) is 0 Å². The Morgan fingerprint density at radius 2 is 2.00 bits per heavy atom. The number of carbonyl (C=O) groups is 1. The number of halogens is 4. The Balaban J connectivity index is 2.47. The zero-order valence-corrected chi connectivity index (χ0v) is 9.68. The van der Waals surface area contributed by atoms with Crippen molar-refractivity contribution in [2.45, 2.75) is 19.5 Å². The molecule has 0 fully saturated rings. The lowest BCUT2D eigenvalue weighted by Crippen LogP contribution is -2.21. The van der Waals surface area contributed by atoms with Gasteiger partial charge in [-0.25, -0.2) is 4.39 Å². The number of hydrogen-bond acceptors (Lipinski definition) is 2. The van der Waals surface area contributed by atoms with Gasteiger partial charge in [0.1, 0.15) is 19.0 Å². The molecule has 6 heteroatoms. The van der Waals surface area contributed by atoms with Crippen molar-refractivity contribution in [1.82, 2.24) is 0 Å². The highest BCUT2D eigenvalue weighted by atomic mass is 19.4. The predicted molar refractivity (Wildman–Crippen MR) is 56.7 cm³/mol. The third kappa shape index (κ3) is 5.27. The van der Waals surface area contributed by atoms with Crippen LogP contribution in [0.4, 0.5) is 17.6 Å². The number of alkyl halides is 3. The van der Waals surface area contributed by atoms with Crippen molar-refractivity contribution < 1.29 is 27.1 Å². The van der Waals surface area contributed by atoms with Crippen LogP contribution in [0.1, 0.15) is 11.1 Å². The normalized spacial score (nSPS) is 11.6. The number of ketones is 1. The van der Waals surface area contributed by atoms with Crippen LogP contribution in [-0.4, -0.2) is 25.2 Å². The van der Waals surface area contributed by atoms with Crippen LogP contribution in [0.15, 0.2) is 18.2 Å². The first-order valence-corrected chi connectivity index (χ1v) is 5.19. The molecule has 1 rings (SSSR count). The van der Waals surface area contributed by atoms with E-state index in [2.05, 4.69) is 4.74 Å². The van der Waals surface area contributed by atoms with E-state index in [1.165, 1.54) is 18.2 Å². The van der Waals surface area contributed by atoms with Gasteiger partial charge in [-0.05, 0) is 30.2 Å². The number of rotatable bonds is 5. The summed E-state index contributed by atoms with van der Waals surface area (Å²) in [5, 5.41) is 0. The summed E-state index contributed by atoms with van der Waals surface area (Å²) in [6.07, 6.45) is -4.59. The van der Waals surface area contributed by atoms with Gasteiger partial charge < -0.3 is 4.74 Å². The fraction of sp³-hybridized carbons (Fsp3) is 0.417. The van der Waals surface area contributed by atoms with Gasteiger partial charge in [-0.3, -0.25) is 4.79 Å². The molecule has 0 N–H and O–H groups in total. The Morgan fingerprint density at radius 1 is 1.33 bits per heavy atom. The highest BCUT2D eigenvalue weighted by molar-refractivity contribution is 5.82. The highest BCUT2D eigenvalue weighted by Crippen LogP contribution is 2.15. The molecule has 0 saturated heterocycles. The molecule has 0 saturated carbocycles. The molecule has 2 nitrogen and oxygen atoms in total. The maximum Gasteiger partial charge on any atom is 0.411 e. The van der Waals surface area contributed by atoms with Crippen molar-refractivity contribution in [2.24, 2.45) is 0 Å². The fourth-order valence-corrected chi connectivity index (χ4v) is 1.37. The summed E-state index contributed by atoms with van der Waals surface area (Å²) in [6, 6.07) is 3.95. The first-order valence-electron chi connectivity index (χ1n) is 5.19. The minimum absolute atomic E-state index is 0.137. The minimum atomic E-state index is -4.45. The van der Waals surface area contributed by atoms with E-state index in [-0.39, 0.29) is 6.42 Å². The van der Waals surface area contributed by atoms with Gasteiger partial charge in [-0.15, -0.1) is 0 Å². The second-order valence-electron chi connectivity index (χ2n) is 3.89. The molecular weight excluding hydrogens is 252 g/mol. The van der Waals surface area contributed by atoms with E-state index in [1.54, 1.807) is 6.92 Å². The van der Waals surface area contributed by atoms with E-state index < -0.39 is 31.0 Å². The molecule has 0 aliphatic carbocycles. The summed E-state index contributed by atoms with van der Waals surface area (Å²) >= 11 is 0. The third-order valence-electron chi connectivity index (χ3n) is 2.23. The summed E-state index contributed by atoms with van der Waals surface area (Å²) in [4.78, 5) is 11.3. The number of aryl methyl sites for hydroxylation is 1. The van der Waals surface area contributed by atoms with Crippen molar-refractivity contribution in [3.05, 3.63) is 35.1 Å². The molecule has 0 heterocycles. The molecule has 0 aliphatic heterocycles. The van der Waals surface area contributed by atoms with E-state index >= 15 is 0 Å². The van der Waals surface area contributed by atoms with Gasteiger partial charge in [-0.1, -0.05) is 6.07 Å². The Morgan fingerprint density at radius 3 is 2.61 bits per heavy atom. The Bertz CT molecular complexity index is 427. The van der Waals surface area contributed by atoms with Crippen LogP contribution in [0.25, 0.3) is 0 Å². The van der Waals surface area contributed by atoms with Crippen molar-refractivity contribution in [1.29, 1.82) is 0 Å². The first-order chi connectivity index (χ1) is 8.28. The van der Waals surface area contributed by atoms with Crippen LogP contribution in [-0.2, 0) is 16.0 Å². The summed E-state index contributed by atoms with van der Waals surface area (Å²) in [5.74, 6) is -1.01. The van der Waals surface area contributed by atoms with Crippen molar-refractivity contribution in [3.8, 4) is 0 Å². The molecule has 0 spiro atoms. The lowest BCUT2D eigenvalue weighted by Gasteiger charge is -2.08. The maximum absolute atomic E-state index is 12.9. The van der Waals surface area contributed by atoms with E-state index in [4.69, 9.17) is 0 Å². The molecule has 0 amide bonds. The van der Waals surface area contributed by atoms with Crippen LogP contribution in [0.3, 0.4) is 0 Å². The zero-order valence-electron chi connectivity index (χ0n) is 9.68. The maximum atomic E-state index is 12.9. The smallest absolute Gasteiger partial charge is 0.364 e. The number of ether oxygens (including phenoxy) is 1. The Kier molecular flexibility index (Phi) is 4.84. The second-order valence-corrected chi connectivity index (χ2v) is 3.89. The average Bonchev–Trinajstić information content (AvgIpc) is 2.21. The molecule has 18 heavy (non-hydrogen) atoms. The van der Waals surface area contributed by atoms with Crippen LogP contribution in [0.2, 0.25) is 0 Å². The number of Topliss-reactive ketones (excluding diaryl/α,β-unsaturated/α-hetero) is 1. The average molecular weight is 264 g/mol. The lowest BCUT2D eigenvalue weighted by atomic mass is 10.0. The van der Waals surface area contributed by atoms with Crippen LogP contribution >= 0.6 is 0 Å². The standard InChI is InChI=1S/C12H12F4O2/c1-8-2-3-10(13)4-9(8)5-11(17)6-18-7-12(14,15)16/h2-4H,5-7H2,1H3. The van der Waals surface area contributed by atoms with Gasteiger partial charge in [0.15, 0.2) is 5.78 Å². The van der Waals surface area contributed by atoms with Crippen molar-refractivity contribution >= 4 is 5.78 Å². The van der Waals surface area contributed by atoms with Crippen LogP contribution < -0.4 is 0 Å². The molecule has 0 aromatic heterocycles. The van der Waals surface area contributed by atoms with Gasteiger partial charge in [0.25, 0.3) is 0 Å². The molecule has 100 valence electrons. The highest BCUT2D eigenvalue weighted by Gasteiger charge is 2.27. The molecule has 0 unspecified atom stereocenters. The van der Waals surface area contributed by atoms with Gasteiger partial charge in [0, 0.05) is 6.42 Å². The fourth-order valence-electron chi connectivity index (χ4n) is 1.37. The summed E-state index contributed by atoms with van der Waals surface area (Å²) in [7, 11) is 0. The quantitative estimate of drug-likeness (QED) is 0.764. The zero-order chi connectivity index (χ0) is 13.8. The minimum Gasteiger partial charge on any atom is -0.364 e. The summed E-state index contributed by atoms with van der Waals surface area (Å²) in [5.41, 5.74) is 1.16. The largest absolute Gasteiger partial charge is 0.411 e. The van der Waals surface area contributed by atoms with E-state index in [0.717, 1.165) is 0 Å². The number of benzene rings is 1. The monoisotopic (exact) mass is 264 g/mol. The van der Waals surface area contributed by atoms with Gasteiger partial charge in [0.2, 0.25) is 0 Å². The van der Waals surface area contributed by atoms with E-state index in [0.29, 0.717) is 11.1 Å². The van der Waals surface area contributed by atoms with E-state index in [1.807, 2.05) is 0 Å².